The number of alkyl halides is 6. The molecule has 3 unspecified atom stereocenters. The van der Waals surface area contributed by atoms with Crippen molar-refractivity contribution in [1.82, 2.24) is 0 Å². The Hall–Kier alpha value is -7.10. The van der Waals surface area contributed by atoms with E-state index in [1.165, 1.54) is 49.4 Å². The van der Waals surface area contributed by atoms with Crippen molar-refractivity contribution in [3.8, 4) is 11.1 Å². The van der Waals surface area contributed by atoms with Gasteiger partial charge in [-0.3, -0.25) is 0 Å². The van der Waals surface area contributed by atoms with Gasteiger partial charge in [0.15, 0.2) is 46.5 Å². The number of hydrogen-bond donors (Lipinski definition) is 0. The first-order valence-electron chi connectivity index (χ1n) is 23.4. The molecule has 4 aliphatic rings. The molecule has 0 heterocycles. The molecule has 0 fully saturated rings. The standard InChI is InChI=1S/C58H42F14N2/c1-27-23-29(15-21-41(27)73(53-49(63)45(59)43(57(67,68)69)46(60)50(53)64)31-17-19-35-33-11-7-9-13-37(33)55(3,4)39(35)25-31)30-16-22-42(28(2)24-30)74(54-51(65)47(61)44(58(70,71)72)48(62)52(54)66)32-18-20-36-34-12-8-10-14-38(34)56(5,6)40(36)26-32/h7-25,27,40-41H,26H2,1-6H3. The molecule has 0 bridgehead atoms. The first-order valence-corrected chi connectivity index (χ1v) is 23.4. The van der Waals surface area contributed by atoms with E-state index in [2.05, 4.69) is 0 Å². The topological polar surface area (TPSA) is 6.48 Å². The smallest absolute Gasteiger partial charge is 0.329 e. The predicted octanol–water partition coefficient (Wildman–Crippen LogP) is 17.7. The van der Waals surface area contributed by atoms with Gasteiger partial charge in [0.1, 0.15) is 22.5 Å². The third kappa shape index (κ3) is 7.59. The fourth-order valence-electron chi connectivity index (χ4n) is 11.5. The number of aryl methyl sites for hydroxylation is 1. The average molecular weight is 1030 g/mol. The fourth-order valence-corrected chi connectivity index (χ4v) is 11.5. The highest BCUT2D eigenvalue weighted by Gasteiger charge is 2.48. The lowest BCUT2D eigenvalue weighted by Gasteiger charge is -2.38. The summed E-state index contributed by atoms with van der Waals surface area (Å²) in [6, 6.07) is 22.8. The van der Waals surface area contributed by atoms with Crippen LogP contribution in [0.1, 0.15) is 85.5 Å². The Bertz CT molecular complexity index is 3440. The van der Waals surface area contributed by atoms with Crippen LogP contribution in [-0.4, -0.2) is 6.04 Å². The first-order chi connectivity index (χ1) is 34.7. The van der Waals surface area contributed by atoms with Crippen molar-refractivity contribution >= 4 is 33.9 Å². The Labute approximate surface area is 416 Å². The van der Waals surface area contributed by atoms with Crippen LogP contribution in [0.2, 0.25) is 0 Å². The number of allylic oxidation sites excluding steroid dienone is 6. The molecule has 0 saturated heterocycles. The lowest BCUT2D eigenvalue weighted by Crippen LogP contribution is -2.37. The van der Waals surface area contributed by atoms with Gasteiger partial charge in [-0.05, 0) is 117 Å². The minimum atomic E-state index is -5.80. The van der Waals surface area contributed by atoms with Crippen molar-refractivity contribution in [2.24, 2.45) is 11.8 Å². The third-order valence-corrected chi connectivity index (χ3v) is 15.2. The summed E-state index contributed by atoms with van der Waals surface area (Å²) in [5, 5.41) is 0. The van der Waals surface area contributed by atoms with E-state index in [0.29, 0.717) is 16.7 Å². The van der Waals surface area contributed by atoms with E-state index in [9.17, 15) is 26.3 Å². The maximum absolute atomic E-state index is 16.3. The second-order valence-corrected chi connectivity index (χ2v) is 20.2. The van der Waals surface area contributed by atoms with E-state index in [1.807, 2.05) is 76.2 Å². The molecule has 0 saturated carbocycles. The van der Waals surface area contributed by atoms with Crippen LogP contribution in [0.4, 0.5) is 84.2 Å². The SMILES string of the molecule is Cc1cc(C2=CC(C)C(N(c3ccc4c(c3)C(C)(C)c3ccccc3-4)c3c(F)c(F)c(C(F)(F)F)c(F)c3F)C=C2)ccc1N(C1=CC=C2c3ccccc3C(C)(C)C2C1)c1c(F)c(F)c(C(F)(F)F)c(F)c1F. The highest BCUT2D eigenvalue weighted by Crippen LogP contribution is 2.56. The number of anilines is 4. The molecule has 6 aromatic rings. The summed E-state index contributed by atoms with van der Waals surface area (Å²) in [7, 11) is 0. The Kier molecular flexibility index (Phi) is 11.7. The van der Waals surface area contributed by atoms with E-state index in [4.69, 9.17) is 0 Å². The van der Waals surface area contributed by atoms with E-state index >= 15 is 35.1 Å². The summed E-state index contributed by atoms with van der Waals surface area (Å²) in [5.41, 5.74) is -2.67. The first kappa shape index (κ1) is 50.4. The summed E-state index contributed by atoms with van der Waals surface area (Å²) in [6.07, 6.45) is -3.86. The Morgan fingerprint density at radius 2 is 1.11 bits per heavy atom. The monoisotopic (exact) mass is 1030 g/mol. The quantitative estimate of drug-likeness (QED) is 0.116. The molecule has 0 spiro atoms. The van der Waals surface area contributed by atoms with Crippen molar-refractivity contribution in [2.45, 2.75) is 77.2 Å². The molecule has 0 radical (unpaired) electrons. The van der Waals surface area contributed by atoms with Gasteiger partial charge in [0.2, 0.25) is 0 Å². The van der Waals surface area contributed by atoms with E-state index < -0.39 is 104 Å². The molecule has 74 heavy (non-hydrogen) atoms. The zero-order valence-electron chi connectivity index (χ0n) is 40.1. The van der Waals surface area contributed by atoms with Crippen LogP contribution in [0.15, 0.2) is 121 Å². The summed E-state index contributed by atoms with van der Waals surface area (Å²) in [5.74, 6) is -20.9. The second kappa shape index (κ2) is 17.2. The maximum atomic E-state index is 16.3. The number of benzene rings is 6. The average Bonchev–Trinajstić information content (AvgIpc) is 3.71. The molecule has 2 nitrogen and oxygen atoms in total. The third-order valence-electron chi connectivity index (χ3n) is 15.2. The predicted molar refractivity (Wildman–Crippen MR) is 256 cm³/mol. The van der Waals surface area contributed by atoms with Crippen LogP contribution in [0.25, 0.3) is 22.3 Å². The molecule has 0 aliphatic heterocycles. The molecule has 10 rings (SSSR count). The molecule has 0 aromatic heterocycles. The van der Waals surface area contributed by atoms with Gasteiger partial charge in [-0.25, -0.2) is 35.1 Å². The number of hydrogen-bond acceptors (Lipinski definition) is 2. The summed E-state index contributed by atoms with van der Waals surface area (Å²) in [6.45, 7) is 10.8. The summed E-state index contributed by atoms with van der Waals surface area (Å²) >= 11 is 0. The summed E-state index contributed by atoms with van der Waals surface area (Å²) < 4.78 is 210. The molecule has 3 atom stereocenters. The van der Waals surface area contributed by atoms with Crippen LogP contribution in [0.5, 0.6) is 0 Å². The molecule has 16 heteroatoms. The number of fused-ring (bicyclic) bond motifs is 6. The van der Waals surface area contributed by atoms with E-state index in [-0.39, 0.29) is 35.0 Å². The molecular formula is C58H42F14N2. The largest absolute Gasteiger partial charge is 0.422 e. The van der Waals surface area contributed by atoms with E-state index in [1.54, 1.807) is 31.2 Å². The Morgan fingerprint density at radius 1 is 0.568 bits per heavy atom. The van der Waals surface area contributed by atoms with Gasteiger partial charge in [-0.1, -0.05) is 120 Å². The van der Waals surface area contributed by atoms with Crippen LogP contribution >= 0.6 is 0 Å². The number of rotatable bonds is 7. The Morgan fingerprint density at radius 3 is 1.68 bits per heavy atom. The van der Waals surface area contributed by atoms with Crippen molar-refractivity contribution in [1.29, 1.82) is 0 Å². The zero-order chi connectivity index (χ0) is 53.5. The van der Waals surface area contributed by atoms with Gasteiger partial charge < -0.3 is 9.80 Å². The van der Waals surface area contributed by atoms with Gasteiger partial charge in [0.05, 0.1) is 6.04 Å². The van der Waals surface area contributed by atoms with Gasteiger partial charge in [-0.2, -0.15) is 26.3 Å². The van der Waals surface area contributed by atoms with Gasteiger partial charge in [0, 0.05) is 22.5 Å². The zero-order valence-corrected chi connectivity index (χ0v) is 40.1. The molecular weight excluding hydrogens is 991 g/mol. The van der Waals surface area contributed by atoms with Crippen molar-refractivity contribution in [2.75, 3.05) is 9.80 Å². The summed E-state index contributed by atoms with van der Waals surface area (Å²) in [4.78, 5) is 1.77. The highest BCUT2D eigenvalue weighted by molar-refractivity contribution is 5.86. The number of nitrogens with zero attached hydrogens (tertiary/aromatic N) is 2. The molecule has 0 amide bonds. The van der Waals surface area contributed by atoms with E-state index in [0.717, 1.165) is 43.2 Å². The maximum Gasteiger partial charge on any atom is 0.422 e. The lowest BCUT2D eigenvalue weighted by atomic mass is 9.73. The number of halogens is 14. The minimum absolute atomic E-state index is 0.0147. The van der Waals surface area contributed by atoms with Gasteiger partial charge in [-0.15, -0.1) is 0 Å². The fraction of sp³-hybridized carbons (Fsp3) is 0.241. The normalized spacial score (nSPS) is 19.3. The van der Waals surface area contributed by atoms with Crippen LogP contribution in [-0.2, 0) is 23.2 Å². The molecule has 6 aromatic carbocycles. The van der Waals surface area contributed by atoms with Crippen LogP contribution in [0, 0.1) is 65.3 Å². The lowest BCUT2D eigenvalue weighted by molar-refractivity contribution is -0.144. The highest BCUT2D eigenvalue weighted by atomic mass is 19.4. The Balaban J connectivity index is 1.07. The molecule has 0 N–H and O–H groups in total. The minimum Gasteiger partial charge on any atom is -0.329 e. The molecule has 4 aliphatic carbocycles. The van der Waals surface area contributed by atoms with Gasteiger partial charge >= 0.3 is 12.4 Å². The van der Waals surface area contributed by atoms with Crippen molar-refractivity contribution in [3.63, 3.8) is 0 Å². The van der Waals surface area contributed by atoms with Crippen molar-refractivity contribution < 1.29 is 61.5 Å². The van der Waals surface area contributed by atoms with Gasteiger partial charge in [0.25, 0.3) is 0 Å². The van der Waals surface area contributed by atoms with Crippen LogP contribution < -0.4 is 9.80 Å². The van der Waals surface area contributed by atoms with Crippen LogP contribution in [0.3, 0.4) is 0 Å². The molecule has 382 valence electrons. The van der Waals surface area contributed by atoms with Crippen molar-refractivity contribution in [3.05, 3.63) is 212 Å². The second-order valence-electron chi connectivity index (χ2n) is 20.2.